The quantitative estimate of drug-likeness (QED) is 0.513. The molecule has 2 aliphatic rings. The van der Waals surface area contributed by atoms with Gasteiger partial charge >= 0.3 is 0 Å². The van der Waals surface area contributed by atoms with Gasteiger partial charge in [-0.15, -0.1) is 0 Å². The van der Waals surface area contributed by atoms with Crippen molar-refractivity contribution in [2.24, 2.45) is 5.41 Å². The van der Waals surface area contributed by atoms with E-state index in [2.05, 4.69) is 17.6 Å². The van der Waals surface area contributed by atoms with Crippen molar-refractivity contribution in [2.45, 2.75) is 31.9 Å². The number of nitrogens with zero attached hydrogens (tertiary/aromatic N) is 1. The zero-order valence-corrected chi connectivity index (χ0v) is 17.8. The Morgan fingerprint density at radius 1 is 1.13 bits per heavy atom. The van der Waals surface area contributed by atoms with Gasteiger partial charge in [0.2, 0.25) is 5.78 Å². The second-order valence-corrected chi connectivity index (χ2v) is 8.72. The molecule has 1 unspecified atom stereocenters. The van der Waals surface area contributed by atoms with Gasteiger partial charge in [-0.25, -0.2) is 0 Å². The fourth-order valence-electron chi connectivity index (χ4n) is 3.88. The first-order valence-electron chi connectivity index (χ1n) is 10.3. The molecule has 31 heavy (non-hydrogen) atoms. The van der Waals surface area contributed by atoms with E-state index in [0.717, 1.165) is 18.4 Å². The number of rotatable bonds is 7. The molecule has 0 aromatic heterocycles. The summed E-state index contributed by atoms with van der Waals surface area (Å²) in [6.45, 7) is 2.18. The van der Waals surface area contributed by atoms with Crippen LogP contribution in [0.25, 0.3) is 0 Å². The predicted octanol–water partition coefficient (Wildman–Crippen LogP) is 2.79. The molecular weight excluding hydrogens is 394 g/mol. The van der Waals surface area contributed by atoms with Crippen LogP contribution < -0.4 is 10.6 Å². The molecule has 1 saturated carbocycles. The highest BCUT2D eigenvalue weighted by Gasteiger charge is 2.48. The van der Waals surface area contributed by atoms with Crippen LogP contribution in [0.5, 0.6) is 5.75 Å². The molecule has 162 valence electrons. The molecule has 2 atom stereocenters. The lowest BCUT2D eigenvalue weighted by Crippen LogP contribution is -2.47. The van der Waals surface area contributed by atoms with Crippen LogP contribution in [0.4, 0.5) is 5.69 Å². The number of amides is 1. The van der Waals surface area contributed by atoms with Gasteiger partial charge in [-0.2, -0.15) is 0 Å². The summed E-state index contributed by atoms with van der Waals surface area (Å²) in [4.78, 5) is 26.1. The number of ketones is 1. The lowest BCUT2D eigenvalue weighted by atomic mass is 9.88. The Morgan fingerprint density at radius 2 is 1.81 bits per heavy atom. The Bertz CT molecular complexity index is 1060. The van der Waals surface area contributed by atoms with Gasteiger partial charge in [0.05, 0.1) is 23.0 Å². The number of aliphatic hydroxyl groups excluding tert-OH is 1. The van der Waals surface area contributed by atoms with E-state index in [1.807, 2.05) is 30.3 Å². The van der Waals surface area contributed by atoms with Gasteiger partial charge in [-0.1, -0.05) is 43.3 Å². The number of benzene rings is 2. The summed E-state index contributed by atoms with van der Waals surface area (Å²) in [7, 11) is 3.20. The van der Waals surface area contributed by atoms with Crippen LogP contribution in [0.2, 0.25) is 0 Å². The molecule has 1 fully saturated rings. The number of aliphatic hydroxyl groups is 1. The monoisotopic (exact) mass is 421 g/mol. The minimum Gasteiger partial charge on any atom is -0.505 e. The van der Waals surface area contributed by atoms with Crippen LogP contribution in [0.1, 0.15) is 41.7 Å². The molecule has 0 radical (unpaired) electrons. The molecule has 7 nitrogen and oxygen atoms in total. The first-order chi connectivity index (χ1) is 14.7. The second kappa shape index (κ2) is 7.74. The van der Waals surface area contributed by atoms with Gasteiger partial charge in [0.15, 0.2) is 11.9 Å². The standard InChI is InChI=1S/C24H27N3O4/c1-24(12-13-24)22(14-8-5-4-6-9-14)26-18-17(20(29)21(18)30)25-16-11-7-10-15(19(16)28)23(31)27(2)3/h4-11,21-22,25-26,28,30H,12-13H2,1-3H3/t21?,22-/m0/s1. The molecule has 0 heterocycles. The van der Waals surface area contributed by atoms with Crippen molar-refractivity contribution < 1.29 is 19.8 Å². The van der Waals surface area contributed by atoms with Crippen LogP contribution in [0.3, 0.4) is 0 Å². The second-order valence-electron chi connectivity index (χ2n) is 8.72. The van der Waals surface area contributed by atoms with Crippen molar-refractivity contribution in [3.63, 3.8) is 0 Å². The average molecular weight is 421 g/mol. The zero-order chi connectivity index (χ0) is 22.3. The molecule has 1 amide bonds. The average Bonchev–Trinajstić information content (AvgIpc) is 3.51. The topological polar surface area (TPSA) is 102 Å². The third-order valence-corrected chi connectivity index (χ3v) is 6.14. The van der Waals surface area contributed by atoms with Crippen molar-refractivity contribution in [2.75, 3.05) is 19.4 Å². The fraction of sp³-hybridized carbons (Fsp3) is 0.333. The largest absolute Gasteiger partial charge is 0.505 e. The number of nitrogens with one attached hydrogen (secondary N) is 2. The Balaban J connectivity index is 1.65. The normalized spacial score (nSPS) is 20.0. The van der Waals surface area contributed by atoms with Crippen molar-refractivity contribution in [3.05, 3.63) is 71.1 Å². The maximum absolute atomic E-state index is 12.4. The van der Waals surface area contributed by atoms with Crippen LogP contribution in [0.15, 0.2) is 59.9 Å². The fourth-order valence-corrected chi connectivity index (χ4v) is 3.88. The van der Waals surface area contributed by atoms with Crippen LogP contribution >= 0.6 is 0 Å². The maximum Gasteiger partial charge on any atom is 0.257 e. The van der Waals surface area contributed by atoms with E-state index in [0.29, 0.717) is 5.70 Å². The van der Waals surface area contributed by atoms with Gasteiger partial charge in [0, 0.05) is 14.1 Å². The number of carbonyl (C=O) groups excluding carboxylic acids is 2. The van der Waals surface area contributed by atoms with Gasteiger partial charge in [0.25, 0.3) is 5.91 Å². The molecule has 0 aliphatic heterocycles. The molecule has 2 aliphatic carbocycles. The lowest BCUT2D eigenvalue weighted by molar-refractivity contribution is -0.124. The Hall–Kier alpha value is -3.32. The van der Waals surface area contributed by atoms with Gasteiger partial charge in [0.1, 0.15) is 5.70 Å². The van der Waals surface area contributed by atoms with Crippen molar-refractivity contribution in [3.8, 4) is 5.75 Å². The minimum atomic E-state index is -1.25. The number of hydrogen-bond acceptors (Lipinski definition) is 6. The van der Waals surface area contributed by atoms with Crippen molar-refractivity contribution >= 4 is 17.4 Å². The molecular formula is C24H27N3O4. The number of aromatic hydroxyl groups is 1. The number of para-hydroxylation sites is 1. The van der Waals surface area contributed by atoms with Gasteiger partial charge in [-0.3, -0.25) is 9.59 Å². The van der Waals surface area contributed by atoms with Gasteiger partial charge in [-0.05, 0) is 36.0 Å². The number of anilines is 1. The Morgan fingerprint density at radius 3 is 2.42 bits per heavy atom. The smallest absolute Gasteiger partial charge is 0.257 e. The van der Waals surface area contributed by atoms with E-state index in [4.69, 9.17) is 0 Å². The van der Waals surface area contributed by atoms with Crippen molar-refractivity contribution in [1.82, 2.24) is 10.2 Å². The molecule has 4 N–H and O–H groups in total. The first-order valence-corrected chi connectivity index (χ1v) is 10.3. The molecule has 2 aromatic carbocycles. The Kier molecular flexibility index (Phi) is 5.23. The molecule has 0 saturated heterocycles. The van der Waals surface area contributed by atoms with E-state index in [-0.39, 0.29) is 40.1 Å². The van der Waals surface area contributed by atoms with Crippen LogP contribution in [-0.2, 0) is 4.79 Å². The third-order valence-electron chi connectivity index (χ3n) is 6.14. The minimum absolute atomic E-state index is 0.0397. The van der Waals surface area contributed by atoms with E-state index in [1.54, 1.807) is 26.2 Å². The summed E-state index contributed by atoms with van der Waals surface area (Å²) in [5.41, 5.74) is 2.08. The number of Topliss-reactive ketones (excluding diaryl/α,β-unsaturated/α-hetero) is 1. The molecule has 2 aromatic rings. The number of carbonyl (C=O) groups is 2. The summed E-state index contributed by atoms with van der Waals surface area (Å²) >= 11 is 0. The highest BCUT2D eigenvalue weighted by molar-refractivity contribution is 6.11. The summed E-state index contributed by atoms with van der Waals surface area (Å²) in [6, 6.07) is 14.6. The lowest BCUT2D eigenvalue weighted by Gasteiger charge is -2.35. The first kappa shape index (κ1) is 20.9. The Labute approximate surface area is 181 Å². The van der Waals surface area contributed by atoms with Crippen LogP contribution in [-0.4, -0.2) is 47.0 Å². The van der Waals surface area contributed by atoms with Crippen molar-refractivity contribution in [1.29, 1.82) is 0 Å². The summed E-state index contributed by atoms with van der Waals surface area (Å²) in [5.74, 6) is -1.05. The SMILES string of the molecule is CN(C)C(=O)c1cccc(NC2=C(N[C@@H](c3ccccc3)C3(C)CC3)C(O)C2=O)c1O. The predicted molar refractivity (Wildman–Crippen MR) is 117 cm³/mol. The molecule has 0 bridgehead atoms. The number of hydrogen-bond donors (Lipinski definition) is 4. The number of phenols is 1. The number of phenolic OH excluding ortho intramolecular Hbond substituents is 1. The summed E-state index contributed by atoms with van der Waals surface area (Å²) in [5, 5.41) is 27.3. The van der Waals surface area contributed by atoms with Gasteiger partial charge < -0.3 is 25.7 Å². The maximum atomic E-state index is 12.4. The third kappa shape index (κ3) is 3.77. The van der Waals surface area contributed by atoms with E-state index < -0.39 is 11.9 Å². The van der Waals surface area contributed by atoms with E-state index in [1.165, 1.54) is 11.0 Å². The molecule has 7 heteroatoms. The zero-order valence-electron chi connectivity index (χ0n) is 17.8. The summed E-state index contributed by atoms with van der Waals surface area (Å²) < 4.78 is 0. The molecule has 0 spiro atoms. The van der Waals surface area contributed by atoms with Crippen LogP contribution in [0, 0.1) is 5.41 Å². The highest BCUT2D eigenvalue weighted by Crippen LogP contribution is 2.55. The van der Waals surface area contributed by atoms with E-state index in [9.17, 15) is 19.8 Å². The highest BCUT2D eigenvalue weighted by atomic mass is 16.3. The molecule has 4 rings (SSSR count). The van der Waals surface area contributed by atoms with E-state index >= 15 is 0 Å². The summed E-state index contributed by atoms with van der Waals surface area (Å²) in [6.07, 6.45) is 0.856.